The van der Waals surface area contributed by atoms with Crippen molar-refractivity contribution >= 4 is 12.1 Å². The molecule has 0 aromatic heterocycles. The van der Waals surface area contributed by atoms with Crippen molar-refractivity contribution in [1.29, 1.82) is 5.53 Å². The van der Waals surface area contributed by atoms with E-state index < -0.39 is 35.7 Å². The molecule has 0 aromatic rings. The van der Waals surface area contributed by atoms with Crippen molar-refractivity contribution in [2.24, 2.45) is 11.0 Å². The molecule has 0 spiro atoms. The molecule has 1 aliphatic carbocycles. The molecule has 0 aromatic carbocycles. The first-order valence-electron chi connectivity index (χ1n) is 6.50. The first-order valence-corrected chi connectivity index (χ1v) is 6.50. The second-order valence-corrected chi connectivity index (χ2v) is 5.86. The highest BCUT2D eigenvalue weighted by Crippen LogP contribution is 2.26. The van der Waals surface area contributed by atoms with Crippen LogP contribution < -0.4 is 15.3 Å². The molecular weight excluding hydrogens is 264 g/mol. The lowest BCUT2D eigenvalue weighted by Gasteiger charge is -2.32. The van der Waals surface area contributed by atoms with E-state index in [1.807, 2.05) is 0 Å². The molecule has 8 nitrogen and oxygen atoms in total. The number of rotatable bonds is 3. The number of carboxylic acids is 1. The molecule has 20 heavy (non-hydrogen) atoms. The number of hydrogen-bond donors (Lipinski definition) is 2. The van der Waals surface area contributed by atoms with E-state index in [9.17, 15) is 14.7 Å². The summed E-state index contributed by atoms with van der Waals surface area (Å²) in [5.41, 5.74) is 6.14. The summed E-state index contributed by atoms with van der Waals surface area (Å²) in [4.78, 5) is 25.7. The second kappa shape index (κ2) is 6.47. The number of carboxylic acid groups (broad SMARTS) is 1. The average molecular weight is 284 g/mol. The minimum absolute atomic E-state index is 0.200. The lowest BCUT2D eigenvalue weighted by atomic mass is 9.83. The molecule has 0 aliphatic heterocycles. The van der Waals surface area contributed by atoms with Crippen LogP contribution in [-0.2, 0) is 9.53 Å². The molecule has 1 saturated carbocycles. The summed E-state index contributed by atoms with van der Waals surface area (Å²) in [7, 11) is 0. The molecule has 3 atom stereocenters. The zero-order valence-electron chi connectivity index (χ0n) is 11.9. The van der Waals surface area contributed by atoms with Crippen LogP contribution in [0.1, 0.15) is 40.0 Å². The van der Waals surface area contributed by atoms with Crippen LogP contribution in [-0.4, -0.2) is 29.7 Å². The molecule has 112 valence electrons. The van der Waals surface area contributed by atoms with Crippen LogP contribution >= 0.6 is 0 Å². The zero-order chi connectivity index (χ0) is 15.3. The summed E-state index contributed by atoms with van der Waals surface area (Å²) in [5.74, 6) is -1.77. The standard InChI is InChI=1S/C12H20N4O4/c1-12(2,3)20-11(19)14-9-6-7(10(17)18)4-5-8(9)15-16-13/h7-9,13H,4-6H2,1-3H3,(H-,14,17,18,19). The van der Waals surface area contributed by atoms with Gasteiger partial charge in [-0.3, -0.25) is 0 Å². The molecule has 1 aliphatic rings. The molecule has 1 fully saturated rings. The Morgan fingerprint density at radius 1 is 1.40 bits per heavy atom. The molecule has 2 N–H and O–H groups in total. The molecular formula is C12H20N4O4. The summed E-state index contributed by atoms with van der Waals surface area (Å²) in [6.07, 6.45) is 0.400. The summed E-state index contributed by atoms with van der Waals surface area (Å²) >= 11 is 0. The van der Waals surface area contributed by atoms with Gasteiger partial charge in [0.1, 0.15) is 16.2 Å². The molecule has 8 heteroatoms. The summed E-state index contributed by atoms with van der Waals surface area (Å²) < 4.78 is 5.13. The van der Waals surface area contributed by atoms with Gasteiger partial charge in [-0.1, -0.05) is 0 Å². The van der Waals surface area contributed by atoms with E-state index in [4.69, 9.17) is 10.3 Å². The first-order chi connectivity index (χ1) is 9.23. The fourth-order valence-corrected chi connectivity index (χ4v) is 2.20. The Morgan fingerprint density at radius 3 is 2.55 bits per heavy atom. The normalized spacial score (nSPS) is 26.2. The smallest absolute Gasteiger partial charge is 0.407 e. The number of aliphatic carboxylic acids is 1. The van der Waals surface area contributed by atoms with Gasteiger partial charge in [0.2, 0.25) is 4.91 Å². The predicted molar refractivity (Wildman–Crippen MR) is 66.6 cm³/mol. The van der Waals surface area contributed by atoms with Gasteiger partial charge >= 0.3 is 6.09 Å². The molecule has 0 heterocycles. The maximum absolute atomic E-state index is 11.7. The van der Waals surface area contributed by atoms with Crippen molar-refractivity contribution in [3.05, 3.63) is 0 Å². The first kappa shape index (κ1) is 16.1. The molecule has 1 amide bonds. The number of nitrogens with zero attached hydrogens (tertiary/aromatic N) is 2. The van der Waals surface area contributed by atoms with Gasteiger partial charge in [0.05, 0.1) is 6.04 Å². The van der Waals surface area contributed by atoms with E-state index in [-0.39, 0.29) is 6.42 Å². The lowest BCUT2D eigenvalue weighted by molar-refractivity contribution is -0.312. The predicted octanol–water partition coefficient (Wildman–Crippen LogP) is 0.349. The monoisotopic (exact) mass is 284 g/mol. The third-order valence-corrected chi connectivity index (χ3v) is 3.06. The SMILES string of the molecule is CC(C)(C)OC(=O)NC1CC(C(=O)[O-])CCC1N=[N+]=N. The van der Waals surface area contributed by atoms with Crippen LogP contribution in [0.15, 0.2) is 5.11 Å². The summed E-state index contributed by atoms with van der Waals surface area (Å²) in [6, 6.07) is -0.925. The third-order valence-electron chi connectivity index (χ3n) is 3.06. The van der Waals surface area contributed by atoms with E-state index in [1.54, 1.807) is 20.8 Å². The number of carbonyl (C=O) groups excluding carboxylic acids is 2. The van der Waals surface area contributed by atoms with E-state index in [1.165, 1.54) is 0 Å². The third kappa shape index (κ3) is 4.97. The van der Waals surface area contributed by atoms with Crippen molar-refractivity contribution < 1.29 is 19.4 Å². The van der Waals surface area contributed by atoms with Gasteiger partial charge in [-0.15, -0.1) is 0 Å². The van der Waals surface area contributed by atoms with Gasteiger partial charge in [0.15, 0.2) is 6.04 Å². The number of nitrogens with one attached hydrogen (secondary N) is 2. The topological polar surface area (TPSA) is 129 Å². The van der Waals surface area contributed by atoms with Crippen molar-refractivity contribution in [3.63, 3.8) is 0 Å². The van der Waals surface area contributed by atoms with E-state index >= 15 is 0 Å². The maximum Gasteiger partial charge on any atom is 0.407 e. The van der Waals surface area contributed by atoms with Crippen LogP contribution in [0.25, 0.3) is 0 Å². The summed E-state index contributed by atoms with van der Waals surface area (Å²) in [5, 5.41) is 17.3. The van der Waals surface area contributed by atoms with Gasteiger partial charge in [-0.25, -0.2) is 4.79 Å². The van der Waals surface area contributed by atoms with Crippen molar-refractivity contribution in [2.45, 2.75) is 57.7 Å². The highest BCUT2D eigenvalue weighted by molar-refractivity contribution is 5.70. The molecule has 3 unspecified atom stereocenters. The largest absolute Gasteiger partial charge is 0.550 e. The maximum atomic E-state index is 11.7. The minimum atomic E-state index is -1.14. The Morgan fingerprint density at radius 2 is 2.05 bits per heavy atom. The van der Waals surface area contributed by atoms with Crippen LogP contribution in [0, 0.1) is 11.4 Å². The number of carbonyl (C=O) groups is 2. The Hall–Kier alpha value is -1.95. The molecule has 1 rings (SSSR count). The van der Waals surface area contributed by atoms with Gasteiger partial charge in [-0.2, -0.15) is 0 Å². The van der Waals surface area contributed by atoms with E-state index in [0.29, 0.717) is 12.8 Å². The van der Waals surface area contributed by atoms with Gasteiger partial charge in [0.25, 0.3) is 0 Å². The highest BCUT2D eigenvalue weighted by atomic mass is 16.6. The Labute approximate surface area is 117 Å². The number of amides is 1. The van der Waals surface area contributed by atoms with E-state index in [0.717, 1.165) is 0 Å². The number of alkyl carbamates (subject to hydrolysis) is 1. The van der Waals surface area contributed by atoms with Crippen molar-refractivity contribution in [1.82, 2.24) is 10.2 Å². The van der Waals surface area contributed by atoms with Crippen molar-refractivity contribution in [3.8, 4) is 0 Å². The average Bonchev–Trinajstić information content (AvgIpc) is 2.28. The molecule has 0 saturated heterocycles. The molecule has 0 radical (unpaired) electrons. The second-order valence-electron chi connectivity index (χ2n) is 5.86. The fraction of sp³-hybridized carbons (Fsp3) is 0.833. The van der Waals surface area contributed by atoms with Crippen LogP contribution in [0.3, 0.4) is 0 Å². The Balaban J connectivity index is 2.71. The van der Waals surface area contributed by atoms with Crippen LogP contribution in [0.5, 0.6) is 0 Å². The Kier molecular flexibility index (Phi) is 5.21. The quantitative estimate of drug-likeness (QED) is 0.572. The Bertz CT molecular complexity index is 426. The molecule has 0 bridgehead atoms. The summed E-state index contributed by atoms with van der Waals surface area (Å²) in [6.45, 7) is 5.20. The van der Waals surface area contributed by atoms with Crippen LogP contribution in [0.2, 0.25) is 0 Å². The minimum Gasteiger partial charge on any atom is -0.550 e. The fourth-order valence-electron chi connectivity index (χ4n) is 2.20. The number of hydrogen-bond acceptors (Lipinski definition) is 6. The van der Waals surface area contributed by atoms with Gasteiger partial charge < -0.3 is 20.0 Å². The van der Waals surface area contributed by atoms with E-state index in [2.05, 4.69) is 15.3 Å². The highest BCUT2D eigenvalue weighted by Gasteiger charge is 2.36. The zero-order valence-corrected chi connectivity index (χ0v) is 11.9. The lowest BCUT2D eigenvalue weighted by Crippen LogP contribution is -2.50. The van der Waals surface area contributed by atoms with Crippen LogP contribution in [0.4, 0.5) is 4.79 Å². The van der Waals surface area contributed by atoms with Gasteiger partial charge in [0, 0.05) is 11.9 Å². The number of ether oxygens (including phenoxy) is 1. The van der Waals surface area contributed by atoms with Crippen molar-refractivity contribution in [2.75, 3.05) is 0 Å². The van der Waals surface area contributed by atoms with Gasteiger partial charge in [-0.05, 0) is 40.0 Å².